The number of carbonyl (C=O) groups excluding carboxylic acids is 2. The Hall–Kier alpha value is -2.54. The van der Waals surface area contributed by atoms with Crippen molar-refractivity contribution in [2.24, 2.45) is 0 Å². The fraction of sp³-hybridized carbons (Fsp3) is 0.417. The molecule has 0 saturated carbocycles. The summed E-state index contributed by atoms with van der Waals surface area (Å²) in [7, 11) is 1.60. The maximum absolute atomic E-state index is 13.1. The van der Waals surface area contributed by atoms with Gasteiger partial charge in [-0.05, 0) is 76.1 Å². The maximum Gasteiger partial charge on any atom is 0.261 e. The Morgan fingerprint density at radius 2 is 1.71 bits per heavy atom. The number of amides is 2. The number of benzene rings is 2. The van der Waals surface area contributed by atoms with Gasteiger partial charge in [-0.15, -0.1) is 0 Å². The van der Waals surface area contributed by atoms with Crippen molar-refractivity contribution in [1.82, 2.24) is 10.2 Å². The van der Waals surface area contributed by atoms with E-state index in [0.717, 1.165) is 21.3 Å². The zero-order valence-electron chi connectivity index (χ0n) is 19.0. The van der Waals surface area contributed by atoms with Crippen molar-refractivity contribution in [1.29, 1.82) is 0 Å². The van der Waals surface area contributed by atoms with Crippen LogP contribution < -0.4 is 14.8 Å². The SMILES string of the molecule is COc1ccc(CN(C(=O)COc2ccc(Br)c(C)c2)[C@H](C)C(=O)NC(C)(C)C)cc1. The molecule has 168 valence electrons. The highest BCUT2D eigenvalue weighted by Crippen LogP contribution is 2.22. The quantitative estimate of drug-likeness (QED) is 0.592. The zero-order chi connectivity index (χ0) is 23.2. The van der Waals surface area contributed by atoms with Gasteiger partial charge in [-0.25, -0.2) is 0 Å². The molecule has 31 heavy (non-hydrogen) atoms. The largest absolute Gasteiger partial charge is 0.497 e. The van der Waals surface area contributed by atoms with E-state index in [4.69, 9.17) is 9.47 Å². The first-order valence-corrected chi connectivity index (χ1v) is 10.9. The second-order valence-corrected chi connectivity index (χ2v) is 9.34. The molecule has 7 heteroatoms. The normalized spacial score (nSPS) is 12.1. The Morgan fingerprint density at radius 1 is 1.10 bits per heavy atom. The van der Waals surface area contributed by atoms with Crippen molar-refractivity contribution in [3.63, 3.8) is 0 Å². The second kappa shape index (κ2) is 10.7. The van der Waals surface area contributed by atoms with Crippen LogP contribution in [0.4, 0.5) is 0 Å². The molecule has 0 aliphatic rings. The number of nitrogens with one attached hydrogen (secondary N) is 1. The van der Waals surface area contributed by atoms with Gasteiger partial charge in [0.05, 0.1) is 7.11 Å². The zero-order valence-corrected chi connectivity index (χ0v) is 20.6. The second-order valence-electron chi connectivity index (χ2n) is 8.48. The lowest BCUT2D eigenvalue weighted by Gasteiger charge is -2.31. The van der Waals surface area contributed by atoms with Gasteiger partial charge in [-0.2, -0.15) is 0 Å². The molecule has 6 nitrogen and oxygen atoms in total. The molecule has 0 saturated heterocycles. The molecule has 1 N–H and O–H groups in total. The van der Waals surface area contributed by atoms with Crippen LogP contribution in [-0.2, 0) is 16.1 Å². The number of rotatable bonds is 8. The lowest BCUT2D eigenvalue weighted by Crippen LogP contribution is -2.53. The molecule has 0 aliphatic heterocycles. The molecule has 2 rings (SSSR count). The van der Waals surface area contributed by atoms with Gasteiger partial charge in [0.15, 0.2) is 6.61 Å². The minimum absolute atomic E-state index is 0.162. The van der Waals surface area contributed by atoms with Crippen LogP contribution in [0.15, 0.2) is 46.9 Å². The van der Waals surface area contributed by atoms with Crippen molar-refractivity contribution < 1.29 is 19.1 Å². The van der Waals surface area contributed by atoms with Gasteiger partial charge in [0.1, 0.15) is 17.5 Å². The van der Waals surface area contributed by atoms with Crippen LogP contribution in [0.3, 0.4) is 0 Å². The van der Waals surface area contributed by atoms with Crippen LogP contribution in [0.25, 0.3) is 0 Å². The maximum atomic E-state index is 13.1. The third-order valence-electron chi connectivity index (χ3n) is 4.67. The van der Waals surface area contributed by atoms with E-state index in [1.807, 2.05) is 64.1 Å². The molecule has 0 spiro atoms. The van der Waals surface area contributed by atoms with Crippen LogP contribution >= 0.6 is 15.9 Å². The third-order valence-corrected chi connectivity index (χ3v) is 5.56. The molecule has 0 radical (unpaired) electrons. The molecular formula is C24H31BrN2O4. The lowest BCUT2D eigenvalue weighted by atomic mass is 10.1. The van der Waals surface area contributed by atoms with Gasteiger partial charge in [0.2, 0.25) is 5.91 Å². The third kappa shape index (κ3) is 7.58. The van der Waals surface area contributed by atoms with E-state index in [9.17, 15) is 9.59 Å². The molecular weight excluding hydrogens is 460 g/mol. The summed E-state index contributed by atoms with van der Waals surface area (Å²) in [6, 6.07) is 12.3. The lowest BCUT2D eigenvalue weighted by molar-refractivity contribution is -0.142. The smallest absolute Gasteiger partial charge is 0.261 e. The van der Waals surface area contributed by atoms with Crippen molar-refractivity contribution >= 4 is 27.7 Å². The number of hydrogen-bond acceptors (Lipinski definition) is 4. The topological polar surface area (TPSA) is 67.9 Å². The first-order valence-electron chi connectivity index (χ1n) is 10.1. The molecule has 0 fully saturated rings. The molecule has 0 heterocycles. The van der Waals surface area contributed by atoms with Crippen molar-refractivity contribution in [2.75, 3.05) is 13.7 Å². The first-order chi connectivity index (χ1) is 14.5. The van der Waals surface area contributed by atoms with Crippen LogP contribution in [0.1, 0.15) is 38.8 Å². The number of hydrogen-bond donors (Lipinski definition) is 1. The van der Waals surface area contributed by atoms with Gasteiger partial charge >= 0.3 is 0 Å². The monoisotopic (exact) mass is 490 g/mol. The fourth-order valence-corrected chi connectivity index (χ4v) is 3.17. The average molecular weight is 491 g/mol. The summed E-state index contributed by atoms with van der Waals surface area (Å²) in [5.74, 6) is 0.848. The van der Waals surface area contributed by atoms with E-state index in [2.05, 4.69) is 21.2 Å². The summed E-state index contributed by atoms with van der Waals surface area (Å²) in [5.41, 5.74) is 1.51. The van der Waals surface area contributed by atoms with E-state index in [0.29, 0.717) is 5.75 Å². The minimum atomic E-state index is -0.663. The Labute approximate surface area is 193 Å². The standard InChI is InChI=1S/C24H31BrN2O4/c1-16-13-20(11-12-21(16)25)31-15-22(28)27(17(2)23(29)26-24(3,4)5)14-18-7-9-19(30-6)10-8-18/h7-13,17H,14-15H2,1-6H3,(H,26,29)/t17-/m1/s1. The van der Waals surface area contributed by atoms with E-state index in [1.165, 1.54) is 4.90 Å². The summed E-state index contributed by atoms with van der Waals surface area (Å²) in [6.45, 7) is 9.53. The molecule has 2 aromatic rings. The van der Waals surface area contributed by atoms with E-state index in [-0.39, 0.29) is 25.0 Å². The number of aryl methyl sites for hydroxylation is 1. The van der Waals surface area contributed by atoms with Crippen molar-refractivity contribution in [2.45, 2.75) is 52.7 Å². The number of methoxy groups -OCH3 is 1. The van der Waals surface area contributed by atoms with Gasteiger partial charge < -0.3 is 19.7 Å². The van der Waals surface area contributed by atoms with Gasteiger partial charge in [0, 0.05) is 16.6 Å². The Balaban J connectivity index is 2.18. The highest BCUT2D eigenvalue weighted by atomic mass is 79.9. The first kappa shape index (κ1) is 24.7. The van der Waals surface area contributed by atoms with Crippen molar-refractivity contribution in [3.8, 4) is 11.5 Å². The van der Waals surface area contributed by atoms with Crippen LogP contribution in [0.2, 0.25) is 0 Å². The summed E-state index contributed by atoms with van der Waals surface area (Å²) in [6.07, 6.45) is 0. The summed E-state index contributed by atoms with van der Waals surface area (Å²) in [4.78, 5) is 27.4. The summed E-state index contributed by atoms with van der Waals surface area (Å²) >= 11 is 3.45. The molecule has 2 amide bonds. The Morgan fingerprint density at radius 3 is 2.26 bits per heavy atom. The van der Waals surface area contributed by atoms with Crippen LogP contribution in [-0.4, -0.2) is 42.0 Å². The molecule has 1 atom stereocenters. The highest BCUT2D eigenvalue weighted by Gasteiger charge is 2.28. The Bertz CT molecular complexity index is 907. The van der Waals surface area contributed by atoms with Crippen LogP contribution in [0, 0.1) is 6.92 Å². The number of carbonyl (C=O) groups is 2. The minimum Gasteiger partial charge on any atom is -0.497 e. The predicted octanol–water partition coefficient (Wildman–Crippen LogP) is 4.48. The summed E-state index contributed by atoms with van der Waals surface area (Å²) < 4.78 is 11.9. The molecule has 0 aromatic heterocycles. The van der Waals surface area contributed by atoms with Gasteiger partial charge in [0.25, 0.3) is 5.91 Å². The average Bonchev–Trinajstić information content (AvgIpc) is 2.71. The highest BCUT2D eigenvalue weighted by molar-refractivity contribution is 9.10. The molecule has 0 bridgehead atoms. The van der Waals surface area contributed by atoms with E-state index in [1.54, 1.807) is 20.1 Å². The molecule has 0 aliphatic carbocycles. The van der Waals surface area contributed by atoms with Crippen molar-refractivity contribution in [3.05, 3.63) is 58.1 Å². The number of nitrogens with zero attached hydrogens (tertiary/aromatic N) is 1. The van der Waals surface area contributed by atoms with Gasteiger partial charge in [-0.3, -0.25) is 9.59 Å². The van der Waals surface area contributed by atoms with Gasteiger partial charge in [-0.1, -0.05) is 28.1 Å². The Kier molecular flexibility index (Phi) is 8.51. The summed E-state index contributed by atoms with van der Waals surface area (Å²) in [5, 5.41) is 2.95. The number of ether oxygens (including phenoxy) is 2. The number of halogens is 1. The predicted molar refractivity (Wildman–Crippen MR) is 125 cm³/mol. The molecule has 0 unspecified atom stereocenters. The van der Waals surface area contributed by atoms with Crippen LogP contribution in [0.5, 0.6) is 11.5 Å². The fourth-order valence-electron chi connectivity index (χ4n) is 2.92. The van der Waals surface area contributed by atoms with E-state index >= 15 is 0 Å². The molecule has 2 aromatic carbocycles. The van der Waals surface area contributed by atoms with E-state index < -0.39 is 11.6 Å².